The molecule has 1 aromatic carbocycles. The van der Waals surface area contributed by atoms with Gasteiger partial charge in [0.05, 0.1) is 12.1 Å². The van der Waals surface area contributed by atoms with Gasteiger partial charge in [-0.15, -0.1) is 11.8 Å². The summed E-state index contributed by atoms with van der Waals surface area (Å²) < 4.78 is 0.119. The second-order valence-electron chi connectivity index (χ2n) is 6.59. The van der Waals surface area contributed by atoms with Crippen LogP contribution in [0.4, 0.5) is 5.69 Å². The minimum atomic E-state index is -0.712. The molecule has 1 aliphatic rings. The van der Waals surface area contributed by atoms with Gasteiger partial charge in [-0.2, -0.15) is 0 Å². The van der Waals surface area contributed by atoms with Crippen molar-refractivity contribution in [1.29, 1.82) is 0 Å². The lowest BCUT2D eigenvalue weighted by molar-refractivity contribution is -0.137. The van der Waals surface area contributed by atoms with Gasteiger partial charge in [0.2, 0.25) is 0 Å². The minimum Gasteiger partial charge on any atom is -0.394 e. The summed E-state index contributed by atoms with van der Waals surface area (Å²) in [6.07, 6.45) is 1.42. The van der Waals surface area contributed by atoms with Gasteiger partial charge in [0.1, 0.15) is 0 Å². The summed E-state index contributed by atoms with van der Waals surface area (Å²) in [5, 5.41) is 14.3. The Balaban J connectivity index is 1.90. The Bertz CT molecular complexity index is 560. The number of amides is 2. The van der Waals surface area contributed by atoms with Gasteiger partial charge in [0, 0.05) is 15.3 Å². The molecule has 0 spiro atoms. The zero-order chi connectivity index (χ0) is 16.4. The molecule has 0 aliphatic heterocycles. The molecule has 0 aromatic heterocycles. The fraction of sp³-hybridized carbons (Fsp3) is 0.500. The third-order valence-corrected chi connectivity index (χ3v) is 4.40. The molecule has 1 aliphatic carbocycles. The number of carbonyl (C=O) groups is 2. The molecule has 2 amide bonds. The summed E-state index contributed by atoms with van der Waals surface area (Å²) >= 11 is 1.73. The average molecular weight is 322 g/mol. The average Bonchev–Trinajstić information content (AvgIpc) is 3.19. The predicted octanol–water partition coefficient (Wildman–Crippen LogP) is 2.16. The lowest BCUT2D eigenvalue weighted by Gasteiger charge is -2.17. The fourth-order valence-corrected chi connectivity index (χ4v) is 2.90. The van der Waals surface area contributed by atoms with Gasteiger partial charge in [-0.3, -0.25) is 9.59 Å². The van der Waals surface area contributed by atoms with Crippen molar-refractivity contribution in [2.75, 3.05) is 11.9 Å². The van der Waals surface area contributed by atoms with E-state index < -0.39 is 17.4 Å². The van der Waals surface area contributed by atoms with Gasteiger partial charge in [0.25, 0.3) is 0 Å². The molecule has 0 atom stereocenters. The van der Waals surface area contributed by atoms with Gasteiger partial charge in [0.15, 0.2) is 0 Å². The molecule has 0 bridgehead atoms. The van der Waals surface area contributed by atoms with E-state index >= 15 is 0 Å². The molecule has 2 rings (SSSR count). The lowest BCUT2D eigenvalue weighted by Crippen LogP contribution is -2.45. The first-order chi connectivity index (χ1) is 10.2. The van der Waals surface area contributed by atoms with Crippen molar-refractivity contribution in [3.05, 3.63) is 24.3 Å². The van der Waals surface area contributed by atoms with E-state index in [1.165, 1.54) is 0 Å². The number of hydrogen-bond acceptors (Lipinski definition) is 4. The van der Waals surface area contributed by atoms with E-state index in [0.717, 1.165) is 4.90 Å². The van der Waals surface area contributed by atoms with E-state index in [4.69, 9.17) is 5.11 Å². The monoisotopic (exact) mass is 322 g/mol. The third-order valence-electron chi connectivity index (χ3n) is 3.28. The number of nitrogens with one attached hydrogen (secondary N) is 2. The molecule has 0 unspecified atom stereocenters. The van der Waals surface area contributed by atoms with Crippen LogP contribution in [0.5, 0.6) is 0 Å². The van der Waals surface area contributed by atoms with Gasteiger partial charge in [-0.1, -0.05) is 20.8 Å². The van der Waals surface area contributed by atoms with Crippen LogP contribution in [0.3, 0.4) is 0 Å². The first-order valence-electron chi connectivity index (χ1n) is 7.26. The maximum Gasteiger partial charge on any atom is 0.313 e. The number of carbonyl (C=O) groups excluding carboxylic acids is 2. The van der Waals surface area contributed by atoms with Crippen molar-refractivity contribution in [3.63, 3.8) is 0 Å². The van der Waals surface area contributed by atoms with Crippen LogP contribution in [0.2, 0.25) is 0 Å². The third kappa shape index (κ3) is 4.74. The quantitative estimate of drug-likeness (QED) is 0.586. The van der Waals surface area contributed by atoms with Crippen LogP contribution in [0, 0.1) is 0 Å². The van der Waals surface area contributed by atoms with E-state index in [0.29, 0.717) is 18.5 Å². The zero-order valence-electron chi connectivity index (χ0n) is 13.1. The van der Waals surface area contributed by atoms with Crippen molar-refractivity contribution in [2.24, 2.45) is 0 Å². The number of benzene rings is 1. The fourth-order valence-electron chi connectivity index (χ4n) is 1.92. The zero-order valence-corrected chi connectivity index (χ0v) is 13.9. The highest BCUT2D eigenvalue weighted by molar-refractivity contribution is 8.00. The largest absolute Gasteiger partial charge is 0.394 e. The summed E-state index contributed by atoms with van der Waals surface area (Å²) in [7, 11) is 0. The van der Waals surface area contributed by atoms with Crippen LogP contribution in [-0.4, -0.2) is 33.8 Å². The van der Waals surface area contributed by atoms with Crippen molar-refractivity contribution >= 4 is 29.3 Å². The van der Waals surface area contributed by atoms with E-state index in [9.17, 15) is 9.59 Å². The Kier molecular flexibility index (Phi) is 4.82. The second kappa shape index (κ2) is 6.30. The molecule has 22 heavy (non-hydrogen) atoms. The maximum absolute atomic E-state index is 11.8. The molecule has 0 radical (unpaired) electrons. The normalized spacial score (nSPS) is 16.0. The standard InChI is InChI=1S/C16H22N2O3S/c1-15(2,3)22-12-6-4-11(5-7-12)17-13(20)14(21)18-16(10-19)8-9-16/h4-7,19H,8-10H2,1-3H3,(H,17,20)(H,18,21). The highest BCUT2D eigenvalue weighted by Crippen LogP contribution is 2.34. The van der Waals surface area contributed by atoms with Crippen LogP contribution in [0.15, 0.2) is 29.2 Å². The van der Waals surface area contributed by atoms with Crippen LogP contribution < -0.4 is 10.6 Å². The molecule has 5 nitrogen and oxygen atoms in total. The summed E-state index contributed by atoms with van der Waals surface area (Å²) in [5.41, 5.74) is -0.00556. The molecule has 6 heteroatoms. The Hall–Kier alpha value is -1.53. The number of rotatable bonds is 4. The first kappa shape index (κ1) is 16.8. The Morgan fingerprint density at radius 2 is 1.77 bits per heavy atom. The molecule has 1 saturated carbocycles. The van der Waals surface area contributed by atoms with Crippen molar-refractivity contribution in [3.8, 4) is 0 Å². The number of anilines is 1. The lowest BCUT2D eigenvalue weighted by atomic mass is 10.2. The molecular weight excluding hydrogens is 300 g/mol. The maximum atomic E-state index is 11.8. The highest BCUT2D eigenvalue weighted by Gasteiger charge is 2.44. The molecular formula is C16H22N2O3S. The van der Waals surface area contributed by atoms with Crippen molar-refractivity contribution in [1.82, 2.24) is 5.32 Å². The Morgan fingerprint density at radius 3 is 2.23 bits per heavy atom. The Morgan fingerprint density at radius 1 is 1.18 bits per heavy atom. The van der Waals surface area contributed by atoms with Gasteiger partial charge < -0.3 is 15.7 Å². The van der Waals surface area contributed by atoms with Gasteiger partial charge >= 0.3 is 11.8 Å². The van der Waals surface area contributed by atoms with Gasteiger partial charge in [-0.25, -0.2) is 0 Å². The SMILES string of the molecule is CC(C)(C)Sc1ccc(NC(=O)C(=O)NC2(CO)CC2)cc1. The smallest absolute Gasteiger partial charge is 0.313 e. The first-order valence-corrected chi connectivity index (χ1v) is 8.08. The molecule has 0 saturated heterocycles. The molecule has 120 valence electrons. The van der Waals surface area contributed by atoms with Crippen LogP contribution in [0.1, 0.15) is 33.6 Å². The second-order valence-corrected chi connectivity index (χ2v) is 8.49. The van der Waals surface area contributed by atoms with E-state index in [-0.39, 0.29) is 11.4 Å². The summed E-state index contributed by atoms with van der Waals surface area (Å²) in [6, 6.07) is 7.38. The number of aliphatic hydroxyl groups is 1. The minimum absolute atomic E-state index is 0.119. The van der Waals surface area contributed by atoms with E-state index in [1.54, 1.807) is 23.9 Å². The van der Waals surface area contributed by atoms with Crippen molar-refractivity contribution in [2.45, 2.75) is 48.8 Å². The van der Waals surface area contributed by atoms with E-state index in [1.807, 2.05) is 12.1 Å². The summed E-state index contributed by atoms with van der Waals surface area (Å²) in [6.45, 7) is 6.26. The van der Waals surface area contributed by atoms with Crippen molar-refractivity contribution < 1.29 is 14.7 Å². The van der Waals surface area contributed by atoms with Crippen LogP contribution >= 0.6 is 11.8 Å². The van der Waals surface area contributed by atoms with Gasteiger partial charge in [-0.05, 0) is 37.1 Å². The topological polar surface area (TPSA) is 78.4 Å². The molecule has 3 N–H and O–H groups in total. The molecule has 0 heterocycles. The molecule has 1 fully saturated rings. The highest BCUT2D eigenvalue weighted by atomic mass is 32.2. The Labute approximate surface area is 134 Å². The number of hydrogen-bond donors (Lipinski definition) is 3. The number of thioether (sulfide) groups is 1. The van der Waals surface area contributed by atoms with Crippen LogP contribution in [0.25, 0.3) is 0 Å². The number of aliphatic hydroxyl groups excluding tert-OH is 1. The predicted molar refractivity (Wildman–Crippen MR) is 87.9 cm³/mol. The summed E-state index contributed by atoms with van der Waals surface area (Å²) in [5.74, 6) is -1.42. The summed E-state index contributed by atoms with van der Waals surface area (Å²) in [4.78, 5) is 24.7. The molecule has 1 aromatic rings. The van der Waals surface area contributed by atoms with Crippen LogP contribution in [-0.2, 0) is 9.59 Å². The van der Waals surface area contributed by atoms with E-state index in [2.05, 4.69) is 31.4 Å².